The van der Waals surface area contributed by atoms with E-state index in [2.05, 4.69) is 105 Å². The van der Waals surface area contributed by atoms with E-state index < -0.39 is 5.97 Å². The molecule has 8 aromatic heterocycles. The lowest BCUT2D eigenvalue weighted by atomic mass is 9.83. The molecular weight excluding hydrogens is 1500 g/mol. The minimum absolute atomic E-state index is 0. The van der Waals surface area contributed by atoms with E-state index in [0.717, 1.165) is 82.1 Å². The smallest absolute Gasteiger partial charge is 0.307 e. The Labute approximate surface area is 679 Å². The Balaban J connectivity index is 0.000000147. The number of aromatic nitrogens is 12. The number of hydrogen-bond donors (Lipinski definition) is 11. The van der Waals surface area contributed by atoms with E-state index in [1.807, 2.05) is 21.5 Å². The summed E-state index contributed by atoms with van der Waals surface area (Å²) < 4.78 is 12.3. The maximum absolute atomic E-state index is 13.4. The van der Waals surface area contributed by atoms with Crippen molar-refractivity contribution in [3.05, 3.63) is 121 Å². The number of esters is 1. The van der Waals surface area contributed by atoms with Crippen molar-refractivity contribution < 1.29 is 48.2 Å². The summed E-state index contributed by atoms with van der Waals surface area (Å²) in [5.74, 6) is -0.0598. The number of ether oxygens (including phenoxy) is 1. The van der Waals surface area contributed by atoms with E-state index in [1.54, 1.807) is 95.6 Å². The van der Waals surface area contributed by atoms with E-state index in [1.165, 1.54) is 70.4 Å². The van der Waals surface area contributed by atoms with Crippen LogP contribution in [-0.2, 0) is 23.9 Å². The number of rotatable bonds is 21. The summed E-state index contributed by atoms with van der Waals surface area (Å²) in [6, 6.07) is 13.5. The number of nitrogen functional groups attached to an aromatic ring is 4. The molecule has 36 heteroatoms. The van der Waals surface area contributed by atoms with Crippen molar-refractivity contribution in [2.45, 2.75) is 140 Å². The summed E-state index contributed by atoms with van der Waals surface area (Å²) in [4.78, 5) is 141. The number of fused-ring (bicyclic) bond motifs is 4. The Morgan fingerprint density at radius 1 is 0.453 bits per heavy atom. The Morgan fingerprint density at radius 2 is 0.744 bits per heavy atom. The molecule has 624 valence electrons. The first-order chi connectivity index (χ1) is 56.0. The second-order valence-electron chi connectivity index (χ2n) is 31.1. The van der Waals surface area contributed by atoms with Gasteiger partial charge in [0.1, 0.15) is 22.8 Å². The molecular formula is C81H110N26O10. The van der Waals surface area contributed by atoms with Crippen LogP contribution < -0.4 is 54.8 Å². The number of carbonyl (C=O) groups excluding carboxylic acids is 7. The number of likely N-dealkylation sites (N-methyl/N-ethyl adjacent to an activating group) is 2. The van der Waals surface area contributed by atoms with Crippen molar-refractivity contribution in [2.24, 2.45) is 11.8 Å². The number of nitrogens with one attached hydrogen (secondary N) is 6. The zero-order valence-corrected chi connectivity index (χ0v) is 65.9. The lowest BCUT2D eigenvalue weighted by Gasteiger charge is -2.38. The van der Waals surface area contributed by atoms with Gasteiger partial charge in [0.05, 0.1) is 66.4 Å². The number of nitrogens with zero attached hydrogens (tertiary/aromatic N) is 16. The Morgan fingerprint density at radius 3 is 1.03 bits per heavy atom. The van der Waals surface area contributed by atoms with Crippen molar-refractivity contribution in [3.63, 3.8) is 0 Å². The summed E-state index contributed by atoms with van der Waals surface area (Å²) in [6.45, 7) is 13.9. The molecule has 2 aliphatic carbocycles. The molecule has 8 aromatic rings. The predicted octanol–water partition coefficient (Wildman–Crippen LogP) is 4.72. The number of carboxylic acid groups (broad SMARTS) is 1. The van der Waals surface area contributed by atoms with Gasteiger partial charge in [-0.1, -0.05) is 46.0 Å². The Kier molecular flexibility index (Phi) is 28.4. The quantitative estimate of drug-likeness (QED) is 0.0434. The minimum Gasteiger partial charge on any atom is -0.481 e. The second-order valence-corrected chi connectivity index (χ2v) is 31.1. The summed E-state index contributed by atoms with van der Waals surface area (Å²) >= 11 is 0. The SMILES string of the molecule is C.CCOC(=O)CC1CNC(=O)c2cc(-c3ccnc(N)n3)cn21.CN1CCN(C[C@H](NC(=O)C[C@@H]2CNC(=O)c3cc(-c4ccnc(N)n4)cn32)C2CCCCC2)CC1.CN1CCN(C[C@H](NC(=O)C[C@H]2CNC(=O)c3cc(-c4ccnc(N)n4)cn32)C2CCCCC2)CC1.Nc1nccc(-c2cc3n(c2)C(CC(=O)O)CNC3=O)n1. The first-order valence-corrected chi connectivity index (χ1v) is 40.2. The van der Waals surface area contributed by atoms with Crippen LogP contribution in [0.25, 0.3) is 45.0 Å². The van der Waals surface area contributed by atoms with E-state index in [-0.39, 0.29) is 128 Å². The van der Waals surface area contributed by atoms with E-state index in [0.29, 0.717) is 102 Å². The maximum Gasteiger partial charge on any atom is 0.307 e. The third-order valence-corrected chi connectivity index (χ3v) is 23.0. The number of carboxylic acids is 1. The molecule has 6 amide bonds. The number of aliphatic carboxylic acids is 1. The minimum atomic E-state index is -0.913. The molecule has 16 rings (SSSR count). The van der Waals surface area contributed by atoms with Crippen LogP contribution in [0.5, 0.6) is 0 Å². The molecule has 8 aliphatic rings. The average Bonchev–Trinajstić information content (AvgIpc) is 1.66. The molecule has 0 radical (unpaired) electrons. The summed E-state index contributed by atoms with van der Waals surface area (Å²) in [5.41, 5.74) is 30.2. The molecule has 6 atom stereocenters. The van der Waals surface area contributed by atoms with Crippen molar-refractivity contribution in [1.82, 2.24) is 110 Å². The van der Waals surface area contributed by atoms with Crippen LogP contribution in [0, 0.1) is 11.8 Å². The van der Waals surface area contributed by atoms with Crippen LogP contribution in [0.15, 0.2) is 98.1 Å². The lowest BCUT2D eigenvalue weighted by molar-refractivity contribution is -0.144. The third kappa shape index (κ3) is 21.9. The molecule has 2 unspecified atom stereocenters. The lowest BCUT2D eigenvalue weighted by Crippen LogP contribution is -2.53. The standard InChI is InChI=1S/2C26H38N8O2.C15H17N5O3.C13H13N5O3.CH4/c2*1-32-9-11-33(12-10-32)17-22(18-5-3-2-4-6-18)30-24(35)14-20-15-29-25(36)23-13-19(16-34(20)23)21-7-8-28-26(27)31-21;1-2-23-13(21)6-10-7-18-14(22)12-5-9(8-20(10)12)11-3-4-17-15(16)19-11;14-13-15-2-1-9(17-13)7-3-10-12(21)16-5-8(4-11(19)20)18(10)6-7;/h2*7-8,13,16,18,20,22H,2-6,9-12,14-15,17H2,1H3,(H,29,36)(H,30,35)(H2,27,28,31);3-5,8,10H,2,6-7H2,1H3,(H,18,22)(H2,16,17,19);1-3,6,8H,4-5H2,(H,16,21)(H,19,20)(H2,14,15,17);1H4/t20-,22+;20-,22-;;;/m10.../s1. The largest absolute Gasteiger partial charge is 0.481 e. The van der Waals surface area contributed by atoms with Gasteiger partial charge >= 0.3 is 11.9 Å². The summed E-state index contributed by atoms with van der Waals surface area (Å²) in [5, 5.41) is 27.2. The van der Waals surface area contributed by atoms with Gasteiger partial charge in [0.15, 0.2) is 0 Å². The molecule has 6 aliphatic heterocycles. The fourth-order valence-corrected chi connectivity index (χ4v) is 16.7. The summed E-state index contributed by atoms with van der Waals surface area (Å²) in [7, 11) is 4.34. The number of hydrogen-bond acceptors (Lipinski definition) is 25. The van der Waals surface area contributed by atoms with Crippen LogP contribution in [0.2, 0.25) is 0 Å². The highest BCUT2D eigenvalue weighted by atomic mass is 16.5. The molecule has 117 heavy (non-hydrogen) atoms. The van der Waals surface area contributed by atoms with Gasteiger partial charge in [-0.15, -0.1) is 0 Å². The number of nitrogens with two attached hydrogens (primary N) is 4. The fraction of sp³-hybridized carbons (Fsp3) is 0.506. The van der Waals surface area contributed by atoms with Crippen LogP contribution in [0.4, 0.5) is 23.8 Å². The van der Waals surface area contributed by atoms with Gasteiger partial charge in [0, 0.05) is 188 Å². The van der Waals surface area contributed by atoms with Gasteiger partial charge in [-0.3, -0.25) is 48.2 Å². The Bertz CT molecular complexity index is 4630. The molecule has 2 saturated heterocycles. The van der Waals surface area contributed by atoms with Gasteiger partial charge < -0.3 is 92.7 Å². The van der Waals surface area contributed by atoms with Gasteiger partial charge in [-0.2, -0.15) is 0 Å². The molecule has 0 aromatic carbocycles. The third-order valence-electron chi connectivity index (χ3n) is 23.0. The van der Waals surface area contributed by atoms with Crippen LogP contribution in [0.1, 0.15) is 170 Å². The predicted molar refractivity (Wildman–Crippen MR) is 439 cm³/mol. The van der Waals surface area contributed by atoms with Crippen molar-refractivity contribution in [3.8, 4) is 45.0 Å². The molecule has 36 nitrogen and oxygen atoms in total. The fourth-order valence-electron chi connectivity index (χ4n) is 16.7. The topological polar surface area (TPSA) is 478 Å². The molecule has 14 heterocycles. The highest BCUT2D eigenvalue weighted by Crippen LogP contribution is 2.35. The monoisotopic (exact) mass is 1610 g/mol. The molecule has 2 saturated carbocycles. The van der Waals surface area contributed by atoms with Crippen LogP contribution in [0.3, 0.4) is 0 Å². The second kappa shape index (κ2) is 39.3. The molecule has 4 fully saturated rings. The van der Waals surface area contributed by atoms with Crippen molar-refractivity contribution in [1.29, 1.82) is 0 Å². The van der Waals surface area contributed by atoms with Crippen molar-refractivity contribution in [2.75, 3.05) is 135 Å². The normalized spacial score (nSPS) is 20.2. The van der Waals surface area contributed by atoms with Gasteiger partial charge in [0.2, 0.25) is 35.6 Å². The van der Waals surface area contributed by atoms with E-state index in [4.69, 9.17) is 32.8 Å². The highest BCUT2D eigenvalue weighted by molar-refractivity contribution is 5.97. The number of amides is 6. The Hall–Kier alpha value is -11.8. The molecule has 0 spiro atoms. The first kappa shape index (κ1) is 84.6. The highest BCUT2D eigenvalue weighted by Gasteiger charge is 2.36. The van der Waals surface area contributed by atoms with E-state index in [9.17, 15) is 38.4 Å². The van der Waals surface area contributed by atoms with Gasteiger partial charge in [-0.25, -0.2) is 39.9 Å². The first-order valence-electron chi connectivity index (χ1n) is 40.2. The molecule has 15 N–H and O–H groups in total. The number of carbonyl (C=O) groups is 8. The average molecular weight is 1610 g/mol. The number of piperazine rings is 2. The van der Waals surface area contributed by atoms with Gasteiger partial charge in [-0.05, 0) is 107 Å². The maximum atomic E-state index is 13.4. The van der Waals surface area contributed by atoms with Crippen LogP contribution in [-0.4, -0.2) is 255 Å². The van der Waals surface area contributed by atoms with Crippen molar-refractivity contribution >= 4 is 71.2 Å². The zero-order valence-electron chi connectivity index (χ0n) is 65.9. The zero-order chi connectivity index (χ0) is 81.5. The number of anilines is 4. The van der Waals surface area contributed by atoms with Gasteiger partial charge in [0.25, 0.3) is 23.6 Å². The molecule has 0 bridgehead atoms. The van der Waals surface area contributed by atoms with E-state index >= 15 is 0 Å². The van der Waals surface area contributed by atoms with Crippen LogP contribution >= 0.6 is 0 Å². The summed E-state index contributed by atoms with van der Waals surface area (Å²) in [6.07, 6.45) is 26.7.